The molecule has 2 aliphatic rings. The van der Waals surface area contributed by atoms with Crippen LogP contribution >= 0.6 is 0 Å². The third-order valence-corrected chi connectivity index (χ3v) is 6.75. The van der Waals surface area contributed by atoms with Crippen LogP contribution in [-0.2, 0) is 6.18 Å². The number of hydrogen-bond donors (Lipinski definition) is 1. The second-order valence-corrected chi connectivity index (χ2v) is 8.81. The van der Waals surface area contributed by atoms with Crippen molar-refractivity contribution in [1.82, 2.24) is 29.9 Å². The summed E-state index contributed by atoms with van der Waals surface area (Å²) in [5.41, 5.74) is 0.708. The van der Waals surface area contributed by atoms with Crippen LogP contribution in [0.15, 0.2) is 42.9 Å². The van der Waals surface area contributed by atoms with Crippen molar-refractivity contribution in [2.45, 2.75) is 57.4 Å². The Balaban J connectivity index is 1.42. The number of carbonyl (C=O) groups is 1. The minimum Gasteiger partial charge on any atom is -0.365 e. The number of rotatable bonds is 5. The van der Waals surface area contributed by atoms with E-state index in [1.807, 2.05) is 17.9 Å². The van der Waals surface area contributed by atoms with Crippen LogP contribution in [0.2, 0.25) is 0 Å². The summed E-state index contributed by atoms with van der Waals surface area (Å²) >= 11 is 0. The summed E-state index contributed by atoms with van der Waals surface area (Å²) in [4.78, 5) is 25.6. The molecule has 2 fully saturated rings. The molecule has 34 heavy (non-hydrogen) atoms. The SMILES string of the molecule is CC[C@@H]1[C@@H]2C[C@@H](Nc3ccc(C(F)(F)F)cn3)[C@H](C2)N1C(=O)c1nc(C)ccc1-n1nccn1. The molecule has 3 aromatic rings. The molecule has 8 nitrogen and oxygen atoms in total. The van der Waals surface area contributed by atoms with Crippen LogP contribution in [-0.4, -0.2) is 53.9 Å². The highest BCUT2D eigenvalue weighted by molar-refractivity contribution is 5.96. The predicted molar refractivity (Wildman–Crippen MR) is 117 cm³/mol. The van der Waals surface area contributed by atoms with E-state index in [0.29, 0.717) is 23.1 Å². The Kier molecular flexibility index (Phi) is 5.49. The zero-order valence-electron chi connectivity index (χ0n) is 18.7. The quantitative estimate of drug-likeness (QED) is 0.608. The van der Waals surface area contributed by atoms with Crippen LogP contribution in [0.4, 0.5) is 19.0 Å². The second kappa shape index (κ2) is 8.37. The molecule has 178 valence electrons. The number of anilines is 1. The largest absolute Gasteiger partial charge is 0.417 e. The summed E-state index contributed by atoms with van der Waals surface area (Å²) in [6.45, 7) is 3.89. The van der Waals surface area contributed by atoms with Crippen LogP contribution in [0.25, 0.3) is 5.69 Å². The van der Waals surface area contributed by atoms with Crippen molar-refractivity contribution in [3.8, 4) is 5.69 Å². The molecule has 1 saturated carbocycles. The topological polar surface area (TPSA) is 88.8 Å². The molecule has 1 N–H and O–H groups in total. The van der Waals surface area contributed by atoms with Gasteiger partial charge in [0.15, 0.2) is 5.69 Å². The lowest BCUT2D eigenvalue weighted by molar-refractivity contribution is -0.137. The van der Waals surface area contributed by atoms with Crippen molar-refractivity contribution in [2.24, 2.45) is 5.92 Å². The average Bonchev–Trinajstić information content (AvgIpc) is 3.54. The standard InChI is InChI=1S/C23H24F3N7O/c1-3-17-14-10-16(31-20-7-5-15(12-27-20)23(24,25)26)19(11-14)32(17)22(34)21-18(6-4-13(2)30-21)33-28-8-9-29-33/h4-9,12,14,16-17,19H,3,10-11H2,1-2H3,(H,27,31)/t14-,16-,17-,19+/m1/s1. The zero-order valence-corrected chi connectivity index (χ0v) is 18.7. The number of halogens is 3. The molecular formula is C23H24F3N7O. The molecule has 1 aliphatic carbocycles. The third-order valence-electron chi connectivity index (χ3n) is 6.75. The van der Waals surface area contributed by atoms with Crippen LogP contribution < -0.4 is 5.32 Å². The Morgan fingerprint density at radius 2 is 1.91 bits per heavy atom. The minimum absolute atomic E-state index is 0.0665. The molecule has 2 bridgehead atoms. The monoisotopic (exact) mass is 471 g/mol. The number of hydrogen-bond acceptors (Lipinski definition) is 6. The van der Waals surface area contributed by atoms with Gasteiger partial charge in [-0.15, -0.1) is 4.80 Å². The Labute approximate surface area is 194 Å². The first-order valence-electron chi connectivity index (χ1n) is 11.2. The Hall–Kier alpha value is -3.50. The summed E-state index contributed by atoms with van der Waals surface area (Å²) in [6.07, 6.45) is 1.92. The molecule has 5 rings (SSSR count). The smallest absolute Gasteiger partial charge is 0.365 e. The number of pyridine rings is 2. The lowest BCUT2D eigenvalue weighted by Gasteiger charge is -2.39. The normalized spacial score (nSPS) is 24.0. The fourth-order valence-electron chi connectivity index (χ4n) is 5.30. The number of piperidine rings is 1. The Morgan fingerprint density at radius 1 is 1.15 bits per heavy atom. The van der Waals surface area contributed by atoms with E-state index < -0.39 is 11.7 Å². The molecule has 3 aromatic heterocycles. The maximum atomic E-state index is 13.9. The van der Waals surface area contributed by atoms with Gasteiger partial charge in [-0.05, 0) is 56.4 Å². The van der Waals surface area contributed by atoms with E-state index in [4.69, 9.17) is 0 Å². The van der Waals surface area contributed by atoms with Crippen LogP contribution in [0.3, 0.4) is 0 Å². The Bertz CT molecular complexity index is 1180. The van der Waals surface area contributed by atoms with Gasteiger partial charge in [0.1, 0.15) is 11.5 Å². The van der Waals surface area contributed by atoms with Crippen molar-refractivity contribution < 1.29 is 18.0 Å². The maximum Gasteiger partial charge on any atom is 0.417 e. The van der Waals surface area contributed by atoms with Crippen molar-refractivity contribution in [3.63, 3.8) is 0 Å². The summed E-state index contributed by atoms with van der Waals surface area (Å²) in [7, 11) is 0. The Morgan fingerprint density at radius 3 is 2.56 bits per heavy atom. The van der Waals surface area contributed by atoms with E-state index in [1.54, 1.807) is 6.07 Å². The van der Waals surface area contributed by atoms with Gasteiger partial charge in [-0.25, -0.2) is 9.97 Å². The molecule has 0 spiro atoms. The van der Waals surface area contributed by atoms with Crippen LogP contribution in [0.5, 0.6) is 0 Å². The van der Waals surface area contributed by atoms with E-state index in [-0.39, 0.29) is 29.7 Å². The number of fused-ring (bicyclic) bond motifs is 2. The van der Waals surface area contributed by atoms with Gasteiger partial charge in [0.25, 0.3) is 5.91 Å². The van der Waals surface area contributed by atoms with Gasteiger partial charge in [-0.3, -0.25) is 4.79 Å². The van der Waals surface area contributed by atoms with E-state index in [9.17, 15) is 18.0 Å². The third kappa shape index (κ3) is 3.88. The number of amides is 1. The molecule has 1 saturated heterocycles. The van der Waals surface area contributed by atoms with Crippen molar-refractivity contribution in [3.05, 3.63) is 59.8 Å². The first kappa shape index (κ1) is 22.3. The molecular weight excluding hydrogens is 447 g/mol. The van der Waals surface area contributed by atoms with Crippen molar-refractivity contribution in [2.75, 3.05) is 5.32 Å². The highest BCUT2D eigenvalue weighted by Gasteiger charge is 2.53. The van der Waals surface area contributed by atoms with Crippen molar-refractivity contribution in [1.29, 1.82) is 0 Å². The molecule has 1 amide bonds. The van der Waals surface area contributed by atoms with Crippen LogP contribution in [0.1, 0.15) is 47.9 Å². The maximum absolute atomic E-state index is 13.9. The number of nitrogens with one attached hydrogen (secondary N) is 1. The minimum atomic E-state index is -4.43. The lowest BCUT2D eigenvalue weighted by atomic mass is 9.94. The fraction of sp³-hybridized carbons (Fsp3) is 0.435. The molecule has 0 aromatic carbocycles. The average molecular weight is 471 g/mol. The number of aromatic nitrogens is 5. The highest BCUT2D eigenvalue weighted by Crippen LogP contribution is 2.45. The van der Waals surface area contributed by atoms with E-state index in [1.165, 1.54) is 23.3 Å². The van der Waals surface area contributed by atoms with Gasteiger partial charge in [-0.2, -0.15) is 23.4 Å². The van der Waals surface area contributed by atoms with Gasteiger partial charge in [0.2, 0.25) is 0 Å². The number of alkyl halides is 3. The van der Waals surface area contributed by atoms with Gasteiger partial charge in [-0.1, -0.05) is 6.92 Å². The molecule has 0 radical (unpaired) electrons. The molecule has 4 heterocycles. The van der Waals surface area contributed by atoms with Crippen molar-refractivity contribution >= 4 is 11.7 Å². The molecule has 0 unspecified atom stereocenters. The summed E-state index contributed by atoms with van der Waals surface area (Å²) in [6, 6.07) is 5.78. The molecule has 4 atom stereocenters. The molecule has 11 heteroatoms. The van der Waals surface area contributed by atoms with Gasteiger partial charge in [0, 0.05) is 24.0 Å². The summed E-state index contributed by atoms with van der Waals surface area (Å²) in [5.74, 6) is 0.463. The van der Waals surface area contributed by atoms with E-state index in [2.05, 4.69) is 32.4 Å². The molecule has 1 aliphatic heterocycles. The summed E-state index contributed by atoms with van der Waals surface area (Å²) < 4.78 is 38.6. The lowest BCUT2D eigenvalue weighted by Crippen LogP contribution is -2.52. The van der Waals surface area contributed by atoms with Gasteiger partial charge in [0.05, 0.1) is 24.0 Å². The van der Waals surface area contributed by atoms with Gasteiger partial charge >= 0.3 is 6.18 Å². The second-order valence-electron chi connectivity index (χ2n) is 8.81. The highest BCUT2D eigenvalue weighted by atomic mass is 19.4. The van der Waals surface area contributed by atoms with E-state index >= 15 is 0 Å². The number of carbonyl (C=O) groups excluding carboxylic acids is 1. The number of likely N-dealkylation sites (tertiary alicyclic amines) is 1. The predicted octanol–water partition coefficient (Wildman–Crippen LogP) is 3.88. The van der Waals surface area contributed by atoms with E-state index in [0.717, 1.165) is 31.5 Å². The van der Waals surface area contributed by atoms with Gasteiger partial charge < -0.3 is 10.2 Å². The summed E-state index contributed by atoms with van der Waals surface area (Å²) in [5, 5.41) is 11.6. The number of aryl methyl sites for hydroxylation is 1. The number of nitrogens with zero attached hydrogens (tertiary/aromatic N) is 6. The fourth-order valence-corrected chi connectivity index (χ4v) is 5.30. The zero-order chi connectivity index (χ0) is 24.0. The van der Waals surface area contributed by atoms with Crippen LogP contribution in [0, 0.1) is 12.8 Å². The first-order chi connectivity index (χ1) is 16.3. The first-order valence-corrected chi connectivity index (χ1v) is 11.2.